The number of anilines is 1. The molecular weight excluding hydrogens is 348 g/mol. The van der Waals surface area contributed by atoms with Gasteiger partial charge in [-0.15, -0.1) is 0 Å². The Morgan fingerprint density at radius 2 is 1.85 bits per heavy atom. The molecule has 0 amide bonds. The molecule has 3 N–H and O–H groups in total. The van der Waals surface area contributed by atoms with Crippen LogP contribution in [0.5, 0.6) is 5.75 Å². The van der Waals surface area contributed by atoms with Gasteiger partial charge < -0.3 is 15.8 Å². The van der Waals surface area contributed by atoms with Crippen molar-refractivity contribution in [1.82, 2.24) is 4.90 Å². The summed E-state index contributed by atoms with van der Waals surface area (Å²) in [5.41, 5.74) is 9.26. The lowest BCUT2D eigenvalue weighted by molar-refractivity contribution is 0.295. The standard InChI is InChI=1S/C20H27ClN4O/c1-4-25(5-2)14-16-9-7-6-8-15(16)13-23-20(22)24-17-10-11-19(26-3)18(21)12-17/h6-12H,4-5,13-14H2,1-3H3,(H3,22,23,24). The number of hydrogen-bond donors (Lipinski definition) is 2. The van der Waals surface area contributed by atoms with Crippen molar-refractivity contribution in [3.63, 3.8) is 0 Å². The van der Waals surface area contributed by atoms with Gasteiger partial charge in [0.1, 0.15) is 5.75 Å². The lowest BCUT2D eigenvalue weighted by Crippen LogP contribution is -2.24. The topological polar surface area (TPSA) is 62.9 Å². The number of nitrogens with two attached hydrogens (primary N) is 1. The van der Waals surface area contributed by atoms with Gasteiger partial charge in [0.15, 0.2) is 5.96 Å². The molecular formula is C20H27ClN4O. The Balaban J connectivity index is 2.05. The third kappa shape index (κ3) is 5.64. The first-order valence-electron chi connectivity index (χ1n) is 8.77. The summed E-state index contributed by atoms with van der Waals surface area (Å²) in [6.07, 6.45) is 0. The van der Waals surface area contributed by atoms with Gasteiger partial charge in [0.2, 0.25) is 0 Å². The van der Waals surface area contributed by atoms with Gasteiger partial charge in [-0.25, -0.2) is 4.99 Å². The number of methoxy groups -OCH3 is 1. The summed E-state index contributed by atoms with van der Waals surface area (Å²) in [7, 11) is 1.58. The van der Waals surface area contributed by atoms with E-state index >= 15 is 0 Å². The monoisotopic (exact) mass is 374 g/mol. The minimum absolute atomic E-state index is 0.351. The molecule has 0 aliphatic heterocycles. The van der Waals surface area contributed by atoms with E-state index in [1.165, 1.54) is 11.1 Å². The summed E-state index contributed by atoms with van der Waals surface area (Å²) in [6, 6.07) is 13.7. The minimum Gasteiger partial charge on any atom is -0.495 e. The Morgan fingerprint density at radius 3 is 2.46 bits per heavy atom. The molecule has 0 heterocycles. The van der Waals surface area contributed by atoms with Crippen LogP contribution in [-0.2, 0) is 13.1 Å². The maximum Gasteiger partial charge on any atom is 0.193 e. The number of nitrogens with one attached hydrogen (secondary N) is 1. The van der Waals surface area contributed by atoms with Gasteiger partial charge >= 0.3 is 0 Å². The van der Waals surface area contributed by atoms with Crippen molar-refractivity contribution in [3.8, 4) is 5.75 Å². The molecule has 0 radical (unpaired) electrons. The molecule has 2 aromatic carbocycles. The van der Waals surface area contributed by atoms with E-state index in [9.17, 15) is 0 Å². The predicted octanol–water partition coefficient (Wildman–Crippen LogP) is 4.12. The fraction of sp³-hybridized carbons (Fsp3) is 0.350. The van der Waals surface area contributed by atoms with Crippen LogP contribution in [0.2, 0.25) is 5.02 Å². The van der Waals surface area contributed by atoms with E-state index in [1.54, 1.807) is 19.2 Å². The van der Waals surface area contributed by atoms with Crippen molar-refractivity contribution in [2.75, 3.05) is 25.5 Å². The number of hydrogen-bond acceptors (Lipinski definition) is 3. The molecule has 0 bridgehead atoms. The van der Waals surface area contributed by atoms with Crippen LogP contribution in [0.1, 0.15) is 25.0 Å². The second-order valence-corrected chi connectivity index (χ2v) is 6.31. The van der Waals surface area contributed by atoms with E-state index in [0.717, 1.165) is 25.3 Å². The lowest BCUT2D eigenvalue weighted by Gasteiger charge is -2.19. The third-order valence-electron chi connectivity index (χ3n) is 4.25. The van der Waals surface area contributed by atoms with E-state index in [4.69, 9.17) is 22.1 Å². The van der Waals surface area contributed by atoms with Crippen molar-refractivity contribution < 1.29 is 4.74 Å². The van der Waals surface area contributed by atoms with Gasteiger partial charge in [0.05, 0.1) is 18.7 Å². The summed E-state index contributed by atoms with van der Waals surface area (Å²) >= 11 is 6.13. The van der Waals surface area contributed by atoms with Crippen LogP contribution in [0.25, 0.3) is 0 Å². The molecule has 5 nitrogen and oxygen atoms in total. The number of aliphatic imine (C=N–C) groups is 1. The van der Waals surface area contributed by atoms with Gasteiger partial charge in [0, 0.05) is 12.2 Å². The molecule has 6 heteroatoms. The van der Waals surface area contributed by atoms with Crippen LogP contribution in [0.3, 0.4) is 0 Å². The molecule has 0 saturated heterocycles. The van der Waals surface area contributed by atoms with Crippen LogP contribution in [-0.4, -0.2) is 31.1 Å². The quantitative estimate of drug-likeness (QED) is 0.539. The zero-order valence-corrected chi connectivity index (χ0v) is 16.4. The molecule has 0 saturated carbocycles. The molecule has 2 aromatic rings. The van der Waals surface area contributed by atoms with E-state index in [-0.39, 0.29) is 0 Å². The summed E-state index contributed by atoms with van der Waals surface area (Å²) in [5, 5.41) is 3.59. The molecule has 26 heavy (non-hydrogen) atoms. The van der Waals surface area contributed by atoms with Crippen molar-refractivity contribution in [3.05, 3.63) is 58.6 Å². The minimum atomic E-state index is 0.351. The van der Waals surface area contributed by atoms with Crippen LogP contribution >= 0.6 is 11.6 Å². The number of ether oxygens (including phenoxy) is 1. The highest BCUT2D eigenvalue weighted by atomic mass is 35.5. The van der Waals surface area contributed by atoms with Gasteiger partial charge in [-0.05, 0) is 42.4 Å². The van der Waals surface area contributed by atoms with Gasteiger partial charge in [-0.3, -0.25) is 4.90 Å². The maximum atomic E-state index is 6.13. The highest BCUT2D eigenvalue weighted by molar-refractivity contribution is 6.32. The average Bonchev–Trinajstić information content (AvgIpc) is 2.65. The third-order valence-corrected chi connectivity index (χ3v) is 4.55. The highest BCUT2D eigenvalue weighted by Crippen LogP contribution is 2.27. The zero-order valence-electron chi connectivity index (χ0n) is 15.6. The van der Waals surface area contributed by atoms with E-state index in [1.807, 2.05) is 12.1 Å². The van der Waals surface area contributed by atoms with E-state index in [0.29, 0.717) is 23.3 Å². The molecule has 0 atom stereocenters. The summed E-state index contributed by atoms with van der Waals surface area (Å²) in [4.78, 5) is 6.85. The SMILES string of the molecule is CCN(CC)Cc1ccccc1CN=C(N)Nc1ccc(OC)c(Cl)c1. The normalized spacial score (nSPS) is 11.7. The first-order chi connectivity index (χ1) is 12.6. The zero-order chi connectivity index (χ0) is 18.9. The lowest BCUT2D eigenvalue weighted by atomic mass is 10.1. The number of rotatable bonds is 8. The predicted molar refractivity (Wildman–Crippen MR) is 110 cm³/mol. The maximum absolute atomic E-state index is 6.13. The van der Waals surface area contributed by atoms with E-state index < -0.39 is 0 Å². The molecule has 0 aliphatic carbocycles. The molecule has 0 fully saturated rings. The largest absolute Gasteiger partial charge is 0.495 e. The van der Waals surface area contributed by atoms with Crippen molar-refractivity contribution >= 4 is 23.2 Å². The number of halogens is 1. The van der Waals surface area contributed by atoms with Crippen molar-refractivity contribution in [1.29, 1.82) is 0 Å². The Labute approximate surface area is 160 Å². The first kappa shape index (κ1) is 20.1. The van der Waals surface area contributed by atoms with E-state index in [2.05, 4.69) is 47.3 Å². The average molecular weight is 375 g/mol. The summed E-state index contributed by atoms with van der Waals surface area (Å²) in [5.74, 6) is 0.974. The van der Waals surface area contributed by atoms with Crippen molar-refractivity contribution in [2.45, 2.75) is 26.9 Å². The van der Waals surface area contributed by atoms with Crippen LogP contribution in [0.4, 0.5) is 5.69 Å². The van der Waals surface area contributed by atoms with Gasteiger partial charge in [-0.1, -0.05) is 49.7 Å². The second kappa shape index (κ2) is 10.0. The Bertz CT molecular complexity index is 744. The molecule has 0 unspecified atom stereocenters. The summed E-state index contributed by atoms with van der Waals surface area (Å²) < 4.78 is 5.15. The fourth-order valence-corrected chi connectivity index (χ4v) is 2.91. The van der Waals surface area contributed by atoms with Crippen LogP contribution < -0.4 is 15.8 Å². The first-order valence-corrected chi connectivity index (χ1v) is 9.14. The van der Waals surface area contributed by atoms with Gasteiger partial charge in [-0.2, -0.15) is 0 Å². The number of benzene rings is 2. The smallest absolute Gasteiger partial charge is 0.193 e. The Morgan fingerprint density at radius 1 is 1.15 bits per heavy atom. The highest BCUT2D eigenvalue weighted by Gasteiger charge is 2.06. The van der Waals surface area contributed by atoms with Crippen molar-refractivity contribution in [2.24, 2.45) is 10.7 Å². The molecule has 0 aromatic heterocycles. The Hall–Kier alpha value is -2.24. The number of nitrogens with zero attached hydrogens (tertiary/aromatic N) is 2. The molecule has 0 spiro atoms. The summed E-state index contributed by atoms with van der Waals surface area (Å²) in [6.45, 7) is 7.84. The molecule has 2 rings (SSSR count). The molecule has 140 valence electrons. The molecule has 0 aliphatic rings. The number of guanidine groups is 1. The Kier molecular flexibility index (Phi) is 7.75. The van der Waals surface area contributed by atoms with Gasteiger partial charge in [0.25, 0.3) is 0 Å². The van der Waals surface area contributed by atoms with Crippen LogP contribution in [0.15, 0.2) is 47.5 Å². The second-order valence-electron chi connectivity index (χ2n) is 5.91. The fourth-order valence-electron chi connectivity index (χ4n) is 2.66. The van der Waals surface area contributed by atoms with Crippen LogP contribution in [0, 0.1) is 0 Å².